The van der Waals surface area contributed by atoms with Crippen LogP contribution in [0.4, 0.5) is 0 Å². The van der Waals surface area contributed by atoms with Crippen molar-refractivity contribution in [3.8, 4) is 0 Å². The summed E-state index contributed by atoms with van der Waals surface area (Å²) in [7, 11) is -3.49. The van der Waals surface area contributed by atoms with Crippen molar-refractivity contribution < 1.29 is 17.9 Å². The predicted molar refractivity (Wildman–Crippen MR) is 75.3 cm³/mol. The molecule has 0 unspecified atom stereocenters. The molecule has 118 valence electrons. The Kier molecular flexibility index (Phi) is 3.81. The van der Waals surface area contributed by atoms with Gasteiger partial charge in [0.1, 0.15) is 4.90 Å². The summed E-state index contributed by atoms with van der Waals surface area (Å²) in [5, 5.41) is 4.22. The molecule has 0 saturated carbocycles. The molecule has 1 aromatic heterocycles. The molecule has 2 aliphatic rings. The van der Waals surface area contributed by atoms with E-state index in [1.807, 2.05) is 6.92 Å². The highest BCUT2D eigenvalue weighted by Crippen LogP contribution is 2.33. The van der Waals surface area contributed by atoms with Gasteiger partial charge in [0, 0.05) is 38.7 Å². The number of piperidine rings is 1. The SMILES string of the molecule is CCn1cc(S(=O)(=O)N2CCC3(CC2)OCCO3)c(C)n1. The number of hydrogen-bond acceptors (Lipinski definition) is 5. The first-order valence-corrected chi connectivity index (χ1v) is 8.73. The molecule has 3 heterocycles. The Bertz CT molecular complexity index is 609. The van der Waals surface area contributed by atoms with Crippen LogP contribution in [0.1, 0.15) is 25.5 Å². The summed E-state index contributed by atoms with van der Waals surface area (Å²) in [6.45, 7) is 6.33. The van der Waals surface area contributed by atoms with Crippen molar-refractivity contribution in [3.63, 3.8) is 0 Å². The van der Waals surface area contributed by atoms with Crippen LogP contribution < -0.4 is 0 Å². The quantitative estimate of drug-likeness (QED) is 0.822. The Hall–Kier alpha value is -0.960. The molecule has 0 aromatic carbocycles. The lowest BCUT2D eigenvalue weighted by Crippen LogP contribution is -2.47. The summed E-state index contributed by atoms with van der Waals surface area (Å²) in [6, 6.07) is 0. The van der Waals surface area contributed by atoms with Gasteiger partial charge in [-0.1, -0.05) is 0 Å². The van der Waals surface area contributed by atoms with Crippen molar-refractivity contribution in [1.29, 1.82) is 0 Å². The Balaban J connectivity index is 1.78. The van der Waals surface area contributed by atoms with Gasteiger partial charge in [0.25, 0.3) is 0 Å². The van der Waals surface area contributed by atoms with Crippen molar-refractivity contribution in [2.75, 3.05) is 26.3 Å². The third-order valence-electron chi connectivity index (χ3n) is 4.14. The molecule has 0 amide bonds. The summed E-state index contributed by atoms with van der Waals surface area (Å²) in [5.74, 6) is -0.561. The van der Waals surface area contributed by atoms with E-state index >= 15 is 0 Å². The molecule has 3 rings (SSSR count). The third kappa shape index (κ3) is 2.61. The van der Waals surface area contributed by atoms with Gasteiger partial charge in [0.05, 0.1) is 18.9 Å². The van der Waals surface area contributed by atoms with E-state index in [1.165, 1.54) is 4.31 Å². The van der Waals surface area contributed by atoms with Crippen molar-refractivity contribution >= 4 is 10.0 Å². The fraction of sp³-hybridized carbons (Fsp3) is 0.769. The van der Waals surface area contributed by atoms with Crippen LogP contribution in [-0.2, 0) is 26.0 Å². The van der Waals surface area contributed by atoms with Gasteiger partial charge in [-0.05, 0) is 13.8 Å². The summed E-state index contributed by atoms with van der Waals surface area (Å²) >= 11 is 0. The van der Waals surface area contributed by atoms with Crippen molar-refractivity contribution in [1.82, 2.24) is 14.1 Å². The smallest absolute Gasteiger partial charge is 0.246 e. The van der Waals surface area contributed by atoms with Crippen molar-refractivity contribution in [2.45, 2.75) is 43.9 Å². The highest BCUT2D eigenvalue weighted by Gasteiger charge is 2.43. The Morgan fingerprint density at radius 3 is 2.43 bits per heavy atom. The lowest BCUT2D eigenvalue weighted by molar-refractivity contribution is -0.179. The molecule has 0 radical (unpaired) electrons. The Labute approximate surface area is 124 Å². The molecule has 8 heteroatoms. The molecule has 0 bridgehead atoms. The average molecular weight is 315 g/mol. The average Bonchev–Trinajstić information content (AvgIpc) is 3.07. The van der Waals surface area contributed by atoms with Crippen molar-refractivity contribution in [3.05, 3.63) is 11.9 Å². The monoisotopic (exact) mass is 315 g/mol. The number of sulfonamides is 1. The lowest BCUT2D eigenvalue weighted by atomic mass is 10.1. The summed E-state index contributed by atoms with van der Waals surface area (Å²) < 4.78 is 39.9. The number of rotatable bonds is 3. The van der Waals surface area contributed by atoms with Gasteiger partial charge in [0.15, 0.2) is 5.79 Å². The minimum absolute atomic E-state index is 0.300. The van der Waals surface area contributed by atoms with Crippen LogP contribution in [-0.4, -0.2) is 54.6 Å². The van der Waals surface area contributed by atoms with Gasteiger partial charge in [-0.2, -0.15) is 9.40 Å². The molecule has 7 nitrogen and oxygen atoms in total. The molecule has 2 fully saturated rings. The molecule has 0 atom stereocenters. The predicted octanol–water partition coefficient (Wildman–Crippen LogP) is 0.739. The van der Waals surface area contributed by atoms with Crippen LogP contribution in [0.15, 0.2) is 11.1 Å². The Morgan fingerprint density at radius 1 is 1.29 bits per heavy atom. The standard InChI is InChI=1S/C13H21N3O4S/c1-3-15-10-12(11(2)14-15)21(17,18)16-6-4-13(5-7-16)19-8-9-20-13/h10H,3-9H2,1-2H3. The fourth-order valence-corrected chi connectivity index (χ4v) is 4.52. The fourth-order valence-electron chi connectivity index (χ4n) is 2.91. The minimum Gasteiger partial charge on any atom is -0.347 e. The van der Waals surface area contributed by atoms with E-state index in [0.717, 1.165) is 0 Å². The number of hydrogen-bond donors (Lipinski definition) is 0. The molecule has 0 aliphatic carbocycles. The molecular weight excluding hydrogens is 294 g/mol. The zero-order valence-electron chi connectivity index (χ0n) is 12.4. The second-order valence-electron chi connectivity index (χ2n) is 5.45. The van der Waals surface area contributed by atoms with E-state index in [4.69, 9.17) is 9.47 Å². The van der Waals surface area contributed by atoms with Gasteiger partial charge in [0.2, 0.25) is 10.0 Å². The number of aromatic nitrogens is 2. The molecule has 1 spiro atoms. The second kappa shape index (κ2) is 5.35. The van der Waals surface area contributed by atoms with E-state index < -0.39 is 15.8 Å². The van der Waals surface area contributed by atoms with E-state index in [9.17, 15) is 8.42 Å². The first-order valence-electron chi connectivity index (χ1n) is 7.29. The summed E-state index contributed by atoms with van der Waals surface area (Å²) in [4.78, 5) is 0.300. The molecule has 0 N–H and O–H groups in total. The zero-order chi connectivity index (χ0) is 15.1. The summed E-state index contributed by atoms with van der Waals surface area (Å²) in [6.07, 6.45) is 2.76. The number of nitrogens with zero attached hydrogens (tertiary/aromatic N) is 3. The Morgan fingerprint density at radius 2 is 1.90 bits per heavy atom. The molecule has 1 aromatic rings. The zero-order valence-corrected chi connectivity index (χ0v) is 13.2. The number of ether oxygens (including phenoxy) is 2. The van der Waals surface area contributed by atoms with Gasteiger partial charge < -0.3 is 9.47 Å². The van der Waals surface area contributed by atoms with Gasteiger partial charge in [-0.3, -0.25) is 4.68 Å². The lowest BCUT2D eigenvalue weighted by Gasteiger charge is -2.36. The van der Waals surface area contributed by atoms with Gasteiger partial charge in [-0.15, -0.1) is 0 Å². The molecular formula is C13H21N3O4S. The maximum atomic E-state index is 12.7. The topological polar surface area (TPSA) is 73.7 Å². The van der Waals surface area contributed by atoms with E-state index in [-0.39, 0.29) is 0 Å². The van der Waals surface area contributed by atoms with Crippen LogP contribution in [0, 0.1) is 6.92 Å². The van der Waals surface area contributed by atoms with Crippen LogP contribution in [0.25, 0.3) is 0 Å². The molecule has 21 heavy (non-hydrogen) atoms. The first-order chi connectivity index (χ1) is 9.97. The number of aryl methyl sites for hydroxylation is 2. The minimum atomic E-state index is -3.49. The van der Waals surface area contributed by atoms with Crippen LogP contribution in [0.5, 0.6) is 0 Å². The highest BCUT2D eigenvalue weighted by molar-refractivity contribution is 7.89. The highest BCUT2D eigenvalue weighted by atomic mass is 32.2. The largest absolute Gasteiger partial charge is 0.347 e. The van der Waals surface area contributed by atoms with E-state index in [0.29, 0.717) is 56.3 Å². The summed E-state index contributed by atoms with van der Waals surface area (Å²) in [5.41, 5.74) is 0.547. The molecule has 2 saturated heterocycles. The normalized spacial score (nSPS) is 23.0. The first kappa shape index (κ1) is 15.0. The van der Waals surface area contributed by atoms with E-state index in [2.05, 4.69) is 5.10 Å². The maximum absolute atomic E-state index is 12.7. The van der Waals surface area contributed by atoms with Crippen LogP contribution in [0.3, 0.4) is 0 Å². The molecule has 2 aliphatic heterocycles. The third-order valence-corrected chi connectivity index (χ3v) is 6.14. The van der Waals surface area contributed by atoms with Crippen LogP contribution >= 0.6 is 0 Å². The van der Waals surface area contributed by atoms with E-state index in [1.54, 1.807) is 17.8 Å². The van der Waals surface area contributed by atoms with Gasteiger partial charge >= 0.3 is 0 Å². The van der Waals surface area contributed by atoms with Crippen LogP contribution in [0.2, 0.25) is 0 Å². The van der Waals surface area contributed by atoms with Gasteiger partial charge in [-0.25, -0.2) is 8.42 Å². The maximum Gasteiger partial charge on any atom is 0.246 e. The second-order valence-corrected chi connectivity index (χ2v) is 7.35. The van der Waals surface area contributed by atoms with Crippen molar-refractivity contribution in [2.24, 2.45) is 0 Å².